The molecule has 2 fully saturated rings. The summed E-state index contributed by atoms with van der Waals surface area (Å²) < 4.78 is 0. The molecule has 0 spiro atoms. The average molecular weight is 487 g/mol. The molecule has 2 aromatic carbocycles. The van der Waals surface area contributed by atoms with Gasteiger partial charge in [0.1, 0.15) is 0 Å². The smallest absolute Gasteiger partial charge is 0.283 e. The van der Waals surface area contributed by atoms with E-state index in [9.17, 15) is 0 Å². The summed E-state index contributed by atoms with van der Waals surface area (Å²) in [7, 11) is 0. The van der Waals surface area contributed by atoms with Crippen LogP contribution in [0.2, 0.25) is 0 Å². The Labute approximate surface area is 222 Å². The molecule has 1 aliphatic heterocycles. The number of nitrogens with zero attached hydrogens (tertiary/aromatic N) is 1. The summed E-state index contributed by atoms with van der Waals surface area (Å²) in [6, 6.07) is 11.9. The van der Waals surface area contributed by atoms with Gasteiger partial charge in [-0.3, -0.25) is 0 Å². The number of aryl methyl sites for hydroxylation is 3. The van der Waals surface area contributed by atoms with Gasteiger partial charge in [-0.1, -0.05) is 87.1 Å². The molecule has 1 saturated heterocycles. The first-order chi connectivity index (χ1) is 16.4. The Morgan fingerprint density at radius 1 is 0.861 bits per heavy atom. The molecule has 1 aliphatic carbocycles. The molecule has 2 nitrogen and oxygen atoms in total. The lowest BCUT2D eigenvalue weighted by molar-refractivity contribution is 0.415. The summed E-state index contributed by atoms with van der Waals surface area (Å²) in [4.78, 5) is 2.94. The normalized spacial score (nSPS) is 25.0. The van der Waals surface area contributed by atoms with Gasteiger partial charge in [-0.05, 0) is 102 Å². The predicted molar refractivity (Wildman–Crippen MR) is 160 cm³/mol. The second kappa shape index (κ2) is 8.65. The van der Waals surface area contributed by atoms with Gasteiger partial charge in [-0.2, -0.15) is 0 Å². The maximum Gasteiger partial charge on any atom is 0.283 e. The van der Waals surface area contributed by atoms with Crippen molar-refractivity contribution in [3.63, 3.8) is 0 Å². The fourth-order valence-electron chi connectivity index (χ4n) is 8.05. The molecule has 0 aromatic heterocycles. The van der Waals surface area contributed by atoms with Crippen molar-refractivity contribution in [3.05, 3.63) is 58.1 Å². The number of piperidine rings is 1. The third kappa shape index (κ3) is 4.24. The van der Waals surface area contributed by atoms with Crippen LogP contribution in [-0.2, 0) is 0 Å². The van der Waals surface area contributed by atoms with Crippen LogP contribution in [0, 0.1) is 26.2 Å². The lowest BCUT2D eigenvalue weighted by Gasteiger charge is -2.48. The zero-order valence-electron chi connectivity index (χ0n) is 25.5. The third-order valence-electron chi connectivity index (χ3n) is 9.05. The molecular weight excluding hydrogens is 435 g/mol. The van der Waals surface area contributed by atoms with E-state index >= 15 is 0 Å². The van der Waals surface area contributed by atoms with Crippen molar-refractivity contribution in [1.82, 2.24) is 5.23 Å². The lowest BCUT2D eigenvalue weighted by atomic mass is 9.43. The minimum Gasteiger partial charge on any atom is -0.365 e. The molecule has 1 heterocycles. The predicted octanol–water partition coefficient (Wildman–Crippen LogP) is 7.82. The molecule has 4 rings (SSSR count). The summed E-state index contributed by atoms with van der Waals surface area (Å²) >= 11 is 0. The van der Waals surface area contributed by atoms with Crippen LogP contribution in [-0.4, -0.2) is 23.4 Å². The first-order valence-corrected chi connectivity index (χ1v) is 14.2. The van der Waals surface area contributed by atoms with Gasteiger partial charge in [0.05, 0.1) is 0 Å². The molecule has 3 heteroatoms. The fraction of sp³-hybridized carbons (Fsp3) is 0.636. The highest BCUT2D eigenvalue weighted by atomic mass is 15.4. The van der Waals surface area contributed by atoms with Gasteiger partial charge in [0.15, 0.2) is 0 Å². The molecule has 2 unspecified atom stereocenters. The highest BCUT2D eigenvalue weighted by Gasteiger charge is 2.79. The van der Waals surface area contributed by atoms with Crippen molar-refractivity contribution in [2.75, 3.05) is 4.90 Å². The molecule has 2 atom stereocenters. The van der Waals surface area contributed by atoms with Crippen LogP contribution >= 0.6 is 0 Å². The Bertz CT molecular complexity index is 1110. The van der Waals surface area contributed by atoms with Crippen molar-refractivity contribution in [1.29, 1.82) is 0 Å². The van der Waals surface area contributed by atoms with Crippen molar-refractivity contribution < 1.29 is 0 Å². The quantitative estimate of drug-likeness (QED) is 0.419. The van der Waals surface area contributed by atoms with Crippen LogP contribution in [0.4, 0.5) is 5.69 Å². The van der Waals surface area contributed by atoms with Crippen LogP contribution in [0.25, 0.3) is 0 Å². The van der Waals surface area contributed by atoms with E-state index in [0.717, 1.165) is 0 Å². The summed E-state index contributed by atoms with van der Waals surface area (Å²) in [5, 5.41) is 4.22. The maximum absolute atomic E-state index is 4.22. The number of para-hydroxylation sites is 1. The van der Waals surface area contributed by atoms with E-state index in [2.05, 4.69) is 130 Å². The first-order valence-electron chi connectivity index (χ1n) is 14.2. The molecule has 196 valence electrons. The molecule has 2 aliphatic rings. The van der Waals surface area contributed by atoms with Gasteiger partial charge in [0, 0.05) is 16.7 Å². The first kappa shape index (κ1) is 27.3. The largest absolute Gasteiger partial charge is 0.365 e. The van der Waals surface area contributed by atoms with E-state index in [-0.39, 0.29) is 28.8 Å². The van der Waals surface area contributed by atoms with E-state index in [1.165, 1.54) is 51.8 Å². The van der Waals surface area contributed by atoms with Gasteiger partial charge in [0.2, 0.25) is 0 Å². The van der Waals surface area contributed by atoms with E-state index in [0.29, 0.717) is 11.8 Å². The second-order valence-corrected chi connectivity index (χ2v) is 14.7. The summed E-state index contributed by atoms with van der Waals surface area (Å²) in [5.41, 5.74) is 10.6. The van der Waals surface area contributed by atoms with Crippen molar-refractivity contribution in [2.24, 2.45) is 5.41 Å². The molecule has 1 saturated carbocycles. The van der Waals surface area contributed by atoms with Crippen LogP contribution in [0.15, 0.2) is 30.3 Å². The Hall–Kier alpha value is -1.74. The zero-order valence-corrected chi connectivity index (χ0v) is 25.5. The molecule has 1 N–H and O–H groups in total. The van der Waals surface area contributed by atoms with Gasteiger partial charge < -0.3 is 10.1 Å². The highest BCUT2D eigenvalue weighted by molar-refractivity contribution is 6.77. The molecule has 0 radical (unpaired) electrons. The van der Waals surface area contributed by atoms with Crippen molar-refractivity contribution in [2.45, 2.75) is 131 Å². The number of anilines is 1. The van der Waals surface area contributed by atoms with E-state index in [4.69, 9.17) is 0 Å². The standard InChI is InChI=1S/C33H51BN2/c1-21(2)26-15-14-16-27(22(3)4)29(26)36-31(11,12)19-32(13)20-33(32,36)34(35-30(8,9)10)28-24(6)17-23(5)18-25(28)7/h14-18,21-22,35H,19-20H2,1-13H3. The zero-order chi connectivity index (χ0) is 27.0. The molecule has 2 aromatic rings. The monoisotopic (exact) mass is 486 g/mol. The van der Waals surface area contributed by atoms with Crippen molar-refractivity contribution in [3.8, 4) is 0 Å². The second-order valence-electron chi connectivity index (χ2n) is 14.7. The minimum absolute atomic E-state index is 0.00350. The lowest BCUT2D eigenvalue weighted by Crippen LogP contribution is -2.69. The number of rotatable bonds is 6. The summed E-state index contributed by atoms with van der Waals surface area (Å²) in [5.74, 6) is 0.961. The SMILES string of the molecule is Cc1cc(C)c(B(NC(C)(C)C)C23CC2(C)CC(C)(C)N3c2c(C(C)C)cccc2C(C)C)c(C)c1. The molecule has 0 bridgehead atoms. The van der Waals surface area contributed by atoms with E-state index in [1.54, 1.807) is 0 Å². The van der Waals surface area contributed by atoms with Crippen LogP contribution in [0.1, 0.15) is 122 Å². The third-order valence-corrected chi connectivity index (χ3v) is 9.05. The number of hydrogen-bond donors (Lipinski definition) is 1. The highest BCUT2D eigenvalue weighted by Crippen LogP contribution is 2.73. The van der Waals surface area contributed by atoms with Gasteiger partial charge in [-0.15, -0.1) is 0 Å². The Balaban J connectivity index is 2.05. The summed E-state index contributed by atoms with van der Waals surface area (Å²) in [6.45, 7) is 31.2. The summed E-state index contributed by atoms with van der Waals surface area (Å²) in [6.07, 6.45) is 2.45. The van der Waals surface area contributed by atoms with Gasteiger partial charge >= 0.3 is 0 Å². The Morgan fingerprint density at radius 3 is 1.81 bits per heavy atom. The van der Waals surface area contributed by atoms with Crippen LogP contribution in [0.3, 0.4) is 0 Å². The minimum atomic E-state index is 0.00350. The Kier molecular flexibility index (Phi) is 6.56. The average Bonchev–Trinajstić information content (AvgIpc) is 3.22. The van der Waals surface area contributed by atoms with E-state index < -0.39 is 0 Å². The van der Waals surface area contributed by atoms with Crippen LogP contribution in [0.5, 0.6) is 0 Å². The van der Waals surface area contributed by atoms with E-state index in [1.807, 2.05) is 0 Å². The topological polar surface area (TPSA) is 15.3 Å². The maximum atomic E-state index is 4.22. The molecular formula is C33H51BN2. The fourth-order valence-corrected chi connectivity index (χ4v) is 8.05. The number of benzene rings is 2. The number of hydrogen-bond acceptors (Lipinski definition) is 2. The molecule has 36 heavy (non-hydrogen) atoms. The van der Waals surface area contributed by atoms with Gasteiger partial charge in [-0.25, -0.2) is 0 Å². The van der Waals surface area contributed by atoms with Crippen molar-refractivity contribution >= 4 is 18.0 Å². The Morgan fingerprint density at radius 2 is 1.36 bits per heavy atom. The number of nitrogens with one attached hydrogen (secondary N) is 1. The van der Waals surface area contributed by atoms with Crippen LogP contribution < -0.4 is 15.6 Å². The van der Waals surface area contributed by atoms with Gasteiger partial charge in [0.25, 0.3) is 6.85 Å². The number of fused-ring (bicyclic) bond motifs is 1. The molecule has 0 amide bonds.